The largest absolute Gasteiger partial charge is 0.510 e. The van der Waals surface area contributed by atoms with E-state index in [1.165, 1.54) is 0 Å². The molecule has 0 aliphatic carbocycles. The number of rotatable bonds is 3. The lowest BCUT2D eigenvalue weighted by Crippen LogP contribution is -2.17. The van der Waals surface area contributed by atoms with Crippen LogP contribution in [0.3, 0.4) is 0 Å². The molecule has 0 fully saturated rings. The van der Waals surface area contributed by atoms with Crippen molar-refractivity contribution >= 4 is 11.8 Å². The van der Waals surface area contributed by atoms with E-state index < -0.39 is 0 Å². The predicted octanol–water partition coefficient (Wildman–Crippen LogP) is 4.36. The Bertz CT molecular complexity index is 363. The van der Waals surface area contributed by atoms with Gasteiger partial charge in [0.05, 0.1) is 4.75 Å². The number of aliphatic hydroxyl groups excluding tert-OH is 1. The molecule has 0 bridgehead atoms. The Labute approximate surface area is 96.3 Å². The zero-order valence-electron chi connectivity index (χ0n) is 9.63. The monoisotopic (exact) mass is 222 g/mol. The van der Waals surface area contributed by atoms with Crippen molar-refractivity contribution in [1.29, 1.82) is 0 Å². The van der Waals surface area contributed by atoms with Crippen LogP contribution in [-0.4, -0.2) is 9.85 Å². The van der Waals surface area contributed by atoms with Gasteiger partial charge >= 0.3 is 0 Å². The van der Waals surface area contributed by atoms with Gasteiger partial charge in [0.15, 0.2) is 0 Å². The van der Waals surface area contributed by atoms with Crippen LogP contribution in [0.4, 0.5) is 0 Å². The van der Waals surface area contributed by atoms with E-state index in [0.717, 1.165) is 22.5 Å². The lowest BCUT2D eigenvalue weighted by Gasteiger charge is -2.19. The van der Waals surface area contributed by atoms with Crippen molar-refractivity contribution in [1.82, 2.24) is 0 Å². The fourth-order valence-corrected chi connectivity index (χ4v) is 3.09. The number of hydrogen-bond acceptors (Lipinski definition) is 2. The molecule has 15 heavy (non-hydrogen) atoms. The predicted molar refractivity (Wildman–Crippen MR) is 69.0 cm³/mol. The third-order valence-electron chi connectivity index (χ3n) is 2.61. The van der Waals surface area contributed by atoms with Crippen LogP contribution < -0.4 is 0 Å². The fraction of sp³-hybridized carbons (Fsp3) is 0.385. The Morgan fingerprint density at radius 2 is 2.20 bits per heavy atom. The summed E-state index contributed by atoms with van der Waals surface area (Å²) in [5, 5.41) is 10.1. The second-order valence-corrected chi connectivity index (χ2v) is 5.45. The molecule has 1 aliphatic heterocycles. The molecule has 82 valence electrons. The van der Waals surface area contributed by atoms with Crippen LogP contribution >= 0.6 is 11.8 Å². The maximum absolute atomic E-state index is 10.1. The van der Waals surface area contributed by atoms with E-state index in [0.29, 0.717) is 5.76 Å². The third kappa shape index (κ3) is 2.20. The molecule has 0 aromatic heterocycles. The smallest absolute Gasteiger partial charge is 0.116 e. The highest BCUT2D eigenvalue weighted by Crippen LogP contribution is 2.50. The second kappa shape index (κ2) is 4.31. The van der Waals surface area contributed by atoms with Gasteiger partial charge in [0.1, 0.15) is 5.76 Å². The van der Waals surface area contributed by atoms with Crippen molar-refractivity contribution in [2.45, 2.75) is 31.9 Å². The molecule has 0 spiro atoms. The summed E-state index contributed by atoms with van der Waals surface area (Å²) in [6.45, 7) is 13.7. The Balaban J connectivity index is 3.14. The van der Waals surface area contributed by atoms with E-state index in [9.17, 15) is 5.11 Å². The van der Waals surface area contributed by atoms with Crippen molar-refractivity contribution < 1.29 is 5.11 Å². The Hall–Kier alpha value is -0.890. The van der Waals surface area contributed by atoms with Crippen molar-refractivity contribution in [3.8, 4) is 0 Å². The van der Waals surface area contributed by atoms with E-state index >= 15 is 0 Å². The van der Waals surface area contributed by atoms with Crippen LogP contribution in [0.15, 0.2) is 47.1 Å². The first-order valence-corrected chi connectivity index (χ1v) is 5.89. The molecule has 0 saturated carbocycles. The SMILES string of the molecule is C=C/C(C)=C/[C@@]1(C)SC(=C)C(CC)=C1O. The lowest BCUT2D eigenvalue weighted by atomic mass is 10.00. The van der Waals surface area contributed by atoms with Gasteiger partial charge in [-0.3, -0.25) is 0 Å². The summed E-state index contributed by atoms with van der Waals surface area (Å²) in [6, 6.07) is 0. The first-order valence-electron chi connectivity index (χ1n) is 5.07. The second-order valence-electron chi connectivity index (χ2n) is 3.91. The average Bonchev–Trinajstić information content (AvgIpc) is 2.37. The first-order chi connectivity index (χ1) is 6.94. The topological polar surface area (TPSA) is 20.2 Å². The summed E-state index contributed by atoms with van der Waals surface area (Å²) >= 11 is 1.61. The molecule has 1 heterocycles. The first kappa shape index (κ1) is 12.2. The summed E-state index contributed by atoms with van der Waals surface area (Å²) in [6.07, 6.45) is 4.66. The van der Waals surface area contributed by atoms with Crippen LogP contribution in [0.25, 0.3) is 0 Å². The minimum atomic E-state index is -0.360. The minimum absolute atomic E-state index is 0.360. The fourth-order valence-electron chi connectivity index (χ4n) is 1.75. The highest BCUT2D eigenvalue weighted by Gasteiger charge is 2.37. The third-order valence-corrected chi connectivity index (χ3v) is 3.83. The van der Waals surface area contributed by atoms with Gasteiger partial charge in [0.2, 0.25) is 0 Å². The summed E-state index contributed by atoms with van der Waals surface area (Å²) < 4.78 is -0.360. The normalized spacial score (nSPS) is 27.4. The molecular formula is C13H18OS. The molecule has 0 amide bonds. The Kier molecular flexibility index (Phi) is 3.50. The number of hydrogen-bond donors (Lipinski definition) is 1. The molecule has 0 unspecified atom stereocenters. The molecule has 0 radical (unpaired) electrons. The van der Waals surface area contributed by atoms with Gasteiger partial charge in [-0.1, -0.05) is 37.8 Å². The quantitative estimate of drug-likeness (QED) is 0.716. The Morgan fingerprint density at radius 3 is 2.60 bits per heavy atom. The van der Waals surface area contributed by atoms with Crippen molar-refractivity contribution in [3.05, 3.63) is 47.1 Å². The zero-order valence-corrected chi connectivity index (χ0v) is 10.4. The average molecular weight is 222 g/mol. The van der Waals surface area contributed by atoms with Gasteiger partial charge in [-0.15, -0.1) is 11.8 Å². The van der Waals surface area contributed by atoms with Gasteiger partial charge in [-0.05, 0) is 20.3 Å². The number of thioether (sulfide) groups is 1. The summed E-state index contributed by atoms with van der Waals surface area (Å²) in [4.78, 5) is 0.977. The molecule has 0 aromatic rings. The molecule has 1 N–H and O–H groups in total. The van der Waals surface area contributed by atoms with Gasteiger partial charge in [-0.25, -0.2) is 0 Å². The van der Waals surface area contributed by atoms with Crippen LogP contribution in [0.5, 0.6) is 0 Å². The maximum Gasteiger partial charge on any atom is 0.116 e. The molecule has 1 atom stereocenters. The van der Waals surface area contributed by atoms with Gasteiger partial charge in [0, 0.05) is 10.5 Å². The Morgan fingerprint density at radius 1 is 1.60 bits per heavy atom. The van der Waals surface area contributed by atoms with Gasteiger partial charge < -0.3 is 5.11 Å². The molecule has 1 rings (SSSR count). The minimum Gasteiger partial charge on any atom is -0.510 e. The van der Waals surface area contributed by atoms with Crippen LogP contribution in [0, 0.1) is 0 Å². The highest BCUT2D eigenvalue weighted by molar-refractivity contribution is 8.05. The van der Waals surface area contributed by atoms with E-state index in [2.05, 4.69) is 13.2 Å². The summed E-state index contributed by atoms with van der Waals surface area (Å²) in [7, 11) is 0. The maximum atomic E-state index is 10.1. The van der Waals surface area contributed by atoms with Gasteiger partial charge in [-0.2, -0.15) is 0 Å². The van der Waals surface area contributed by atoms with E-state index in [4.69, 9.17) is 0 Å². The molecule has 0 saturated heterocycles. The van der Waals surface area contributed by atoms with Crippen molar-refractivity contribution in [3.63, 3.8) is 0 Å². The van der Waals surface area contributed by atoms with Crippen molar-refractivity contribution in [2.24, 2.45) is 0 Å². The summed E-state index contributed by atoms with van der Waals surface area (Å²) in [5.41, 5.74) is 2.05. The lowest BCUT2D eigenvalue weighted by molar-refractivity contribution is 0.374. The van der Waals surface area contributed by atoms with Crippen LogP contribution in [0.2, 0.25) is 0 Å². The van der Waals surface area contributed by atoms with E-state index in [-0.39, 0.29) is 4.75 Å². The van der Waals surface area contributed by atoms with Gasteiger partial charge in [0.25, 0.3) is 0 Å². The van der Waals surface area contributed by atoms with E-state index in [1.807, 2.05) is 26.8 Å². The van der Waals surface area contributed by atoms with Crippen molar-refractivity contribution in [2.75, 3.05) is 0 Å². The van der Waals surface area contributed by atoms with Crippen LogP contribution in [0.1, 0.15) is 27.2 Å². The zero-order chi connectivity index (χ0) is 11.6. The molecule has 2 heteroatoms. The van der Waals surface area contributed by atoms with E-state index in [1.54, 1.807) is 17.8 Å². The summed E-state index contributed by atoms with van der Waals surface area (Å²) in [5.74, 6) is 0.446. The van der Waals surface area contributed by atoms with Crippen LogP contribution in [-0.2, 0) is 0 Å². The highest BCUT2D eigenvalue weighted by atomic mass is 32.2. The molecule has 1 nitrogen and oxygen atoms in total. The number of aliphatic hydroxyl groups is 1. The molecule has 0 aromatic carbocycles. The molecular weight excluding hydrogens is 204 g/mol. The number of allylic oxidation sites excluding steroid dienone is 3. The standard InChI is InChI=1S/C13H18OS/c1-6-9(3)8-13(5)12(14)11(7-2)10(4)15-13/h6,8,14H,1,4,7H2,2-3,5H3/b9-8+/t13-/m1/s1. The molecule has 1 aliphatic rings.